The largest absolute Gasteiger partial charge is 0.399 e. The summed E-state index contributed by atoms with van der Waals surface area (Å²) in [5.74, 6) is -0.101. The van der Waals surface area contributed by atoms with E-state index in [0.29, 0.717) is 36.4 Å². The van der Waals surface area contributed by atoms with Crippen LogP contribution in [0.3, 0.4) is 0 Å². The minimum absolute atomic E-state index is 0. The second kappa shape index (κ2) is 13.9. The quantitative estimate of drug-likeness (QED) is 0.524. The Bertz CT molecular complexity index is 840. The first kappa shape index (κ1) is 26.8. The Kier molecular flexibility index (Phi) is 12.0. The van der Waals surface area contributed by atoms with Gasteiger partial charge in [-0.15, -0.1) is 24.8 Å². The highest BCUT2D eigenvalue weighted by molar-refractivity contribution is 5.95. The molecule has 1 saturated heterocycles. The third kappa shape index (κ3) is 9.17. The molecule has 4 N–H and O–H groups in total. The summed E-state index contributed by atoms with van der Waals surface area (Å²) in [5, 5.41) is 5.83. The van der Waals surface area contributed by atoms with Crippen molar-refractivity contribution in [2.24, 2.45) is 0 Å². The van der Waals surface area contributed by atoms with Crippen LogP contribution >= 0.6 is 24.8 Å². The van der Waals surface area contributed by atoms with Crippen LogP contribution in [0, 0.1) is 0 Å². The molecule has 1 aliphatic heterocycles. The number of amides is 2. The van der Waals surface area contributed by atoms with Gasteiger partial charge in [0, 0.05) is 23.5 Å². The number of halogens is 2. The lowest BCUT2D eigenvalue weighted by atomic mass is 10.1. The van der Waals surface area contributed by atoms with E-state index >= 15 is 0 Å². The van der Waals surface area contributed by atoms with Crippen LogP contribution in [0.5, 0.6) is 0 Å². The molecule has 0 radical (unpaired) electrons. The number of hydrogen-bond donors (Lipinski definition) is 3. The fourth-order valence-electron chi connectivity index (χ4n) is 3.61. The summed E-state index contributed by atoms with van der Waals surface area (Å²) in [6.07, 6.45) is 5.74. The number of carbonyl (C=O) groups excluding carboxylic acids is 2. The number of anilines is 3. The van der Waals surface area contributed by atoms with E-state index in [1.807, 2.05) is 42.5 Å². The van der Waals surface area contributed by atoms with Crippen molar-refractivity contribution in [2.75, 3.05) is 36.0 Å². The first-order valence-electron chi connectivity index (χ1n) is 10.4. The number of hydrogen-bond acceptors (Lipinski definition) is 4. The smallest absolute Gasteiger partial charge is 0.238 e. The van der Waals surface area contributed by atoms with Gasteiger partial charge in [-0.2, -0.15) is 0 Å². The van der Waals surface area contributed by atoms with E-state index in [-0.39, 0.29) is 36.6 Å². The van der Waals surface area contributed by atoms with E-state index in [0.717, 1.165) is 31.5 Å². The maximum absolute atomic E-state index is 12.4. The minimum atomic E-state index is -0.0821. The van der Waals surface area contributed by atoms with Crippen LogP contribution in [0.2, 0.25) is 0 Å². The van der Waals surface area contributed by atoms with Gasteiger partial charge in [0.15, 0.2) is 0 Å². The Morgan fingerprint density at radius 2 is 1.45 bits per heavy atom. The van der Waals surface area contributed by atoms with Crippen molar-refractivity contribution >= 4 is 53.7 Å². The van der Waals surface area contributed by atoms with Crippen LogP contribution in [0.4, 0.5) is 17.1 Å². The summed E-state index contributed by atoms with van der Waals surface area (Å²) in [6, 6.07) is 14.8. The van der Waals surface area contributed by atoms with Crippen molar-refractivity contribution < 1.29 is 9.59 Å². The molecule has 0 bridgehead atoms. The van der Waals surface area contributed by atoms with Gasteiger partial charge in [-0.05, 0) is 62.2 Å². The van der Waals surface area contributed by atoms with E-state index in [4.69, 9.17) is 5.73 Å². The molecule has 1 heterocycles. The van der Waals surface area contributed by atoms with Crippen molar-refractivity contribution in [2.45, 2.75) is 38.5 Å². The summed E-state index contributed by atoms with van der Waals surface area (Å²) < 4.78 is 0. The van der Waals surface area contributed by atoms with E-state index in [1.165, 1.54) is 12.8 Å². The van der Waals surface area contributed by atoms with Crippen LogP contribution in [0.15, 0.2) is 48.5 Å². The van der Waals surface area contributed by atoms with Crippen LogP contribution in [0.1, 0.15) is 37.7 Å². The molecule has 0 saturated carbocycles. The Hall–Kier alpha value is -2.28. The fourth-order valence-corrected chi connectivity index (χ4v) is 3.61. The summed E-state index contributed by atoms with van der Waals surface area (Å²) >= 11 is 0. The van der Waals surface area contributed by atoms with Crippen molar-refractivity contribution in [1.82, 2.24) is 4.90 Å². The highest BCUT2D eigenvalue weighted by Gasteiger charge is 2.13. The van der Waals surface area contributed by atoms with E-state index in [1.54, 1.807) is 6.07 Å². The van der Waals surface area contributed by atoms with Gasteiger partial charge in [-0.3, -0.25) is 14.5 Å². The molecule has 1 fully saturated rings. The zero-order valence-corrected chi connectivity index (χ0v) is 19.3. The first-order valence-corrected chi connectivity index (χ1v) is 10.4. The van der Waals surface area contributed by atoms with Crippen molar-refractivity contribution in [3.63, 3.8) is 0 Å². The molecule has 170 valence electrons. The maximum atomic E-state index is 12.4. The molecule has 0 spiro atoms. The van der Waals surface area contributed by atoms with Gasteiger partial charge in [0.1, 0.15) is 0 Å². The van der Waals surface area contributed by atoms with Gasteiger partial charge >= 0.3 is 0 Å². The molecule has 0 aliphatic carbocycles. The number of benzene rings is 2. The standard InChI is InChI=1S/C23H30N4O2.2ClH/c24-21-11-4-3-8-18(21)12-13-22(28)25-19-9-7-10-20(16-19)26-23(29)17-27-14-5-1-2-6-15-27;;/h3-4,7-11,16H,1-2,5-6,12-15,17,24H2,(H,25,28)(H,26,29);2*1H. The number of carbonyl (C=O) groups is 2. The highest BCUT2D eigenvalue weighted by atomic mass is 35.5. The van der Waals surface area contributed by atoms with Crippen LogP contribution < -0.4 is 16.4 Å². The van der Waals surface area contributed by atoms with E-state index in [2.05, 4.69) is 15.5 Å². The number of nitrogens with zero attached hydrogens (tertiary/aromatic N) is 1. The van der Waals surface area contributed by atoms with E-state index in [9.17, 15) is 9.59 Å². The normalized spacial score (nSPS) is 13.8. The SMILES string of the molecule is Cl.Cl.Nc1ccccc1CCC(=O)Nc1cccc(NC(=O)CN2CCCCCC2)c1. The minimum Gasteiger partial charge on any atom is -0.399 e. The third-order valence-corrected chi connectivity index (χ3v) is 5.17. The molecular weight excluding hydrogens is 435 g/mol. The number of likely N-dealkylation sites (tertiary alicyclic amines) is 1. The van der Waals surface area contributed by atoms with Crippen LogP contribution in [-0.4, -0.2) is 36.3 Å². The summed E-state index contributed by atoms with van der Waals surface area (Å²) in [5.41, 5.74) is 8.96. The monoisotopic (exact) mass is 466 g/mol. The molecule has 3 rings (SSSR count). The van der Waals surface area contributed by atoms with Crippen LogP contribution in [-0.2, 0) is 16.0 Å². The molecule has 0 aromatic heterocycles. The molecule has 31 heavy (non-hydrogen) atoms. The van der Waals surface area contributed by atoms with Gasteiger partial charge in [0.25, 0.3) is 0 Å². The molecule has 0 atom stereocenters. The van der Waals surface area contributed by atoms with Crippen LogP contribution in [0.25, 0.3) is 0 Å². The van der Waals surface area contributed by atoms with Gasteiger partial charge in [0.2, 0.25) is 11.8 Å². The zero-order chi connectivity index (χ0) is 20.5. The predicted octanol–water partition coefficient (Wildman–Crippen LogP) is 4.50. The molecule has 1 aliphatic rings. The lowest BCUT2D eigenvalue weighted by Gasteiger charge is -2.19. The molecule has 2 amide bonds. The summed E-state index contributed by atoms with van der Waals surface area (Å²) in [7, 11) is 0. The van der Waals surface area contributed by atoms with Gasteiger partial charge in [-0.25, -0.2) is 0 Å². The highest BCUT2D eigenvalue weighted by Crippen LogP contribution is 2.17. The topological polar surface area (TPSA) is 87.5 Å². The second-order valence-electron chi connectivity index (χ2n) is 7.57. The Morgan fingerprint density at radius 1 is 0.839 bits per heavy atom. The van der Waals surface area contributed by atoms with Crippen molar-refractivity contribution in [3.8, 4) is 0 Å². The molecular formula is C23H32Cl2N4O2. The summed E-state index contributed by atoms with van der Waals surface area (Å²) in [6.45, 7) is 2.37. The number of rotatable bonds is 7. The third-order valence-electron chi connectivity index (χ3n) is 5.17. The first-order chi connectivity index (χ1) is 14.1. The number of nitrogens with two attached hydrogens (primary N) is 1. The maximum Gasteiger partial charge on any atom is 0.238 e. The molecule has 6 nitrogen and oxygen atoms in total. The molecule has 2 aromatic rings. The average molecular weight is 467 g/mol. The van der Waals surface area contributed by atoms with Gasteiger partial charge in [0.05, 0.1) is 6.54 Å². The number of nitrogens with one attached hydrogen (secondary N) is 2. The Labute approximate surface area is 196 Å². The van der Waals surface area contributed by atoms with Crippen molar-refractivity contribution in [1.29, 1.82) is 0 Å². The van der Waals surface area contributed by atoms with Gasteiger partial charge < -0.3 is 16.4 Å². The Balaban J connectivity index is 0.00000240. The Morgan fingerprint density at radius 3 is 2.10 bits per heavy atom. The fraction of sp³-hybridized carbons (Fsp3) is 0.391. The average Bonchev–Trinajstić information content (AvgIpc) is 2.96. The number of nitrogen functional groups attached to an aromatic ring is 1. The molecule has 8 heteroatoms. The number of para-hydroxylation sites is 1. The van der Waals surface area contributed by atoms with Gasteiger partial charge in [-0.1, -0.05) is 37.1 Å². The lowest BCUT2D eigenvalue weighted by molar-refractivity contribution is -0.117. The lowest BCUT2D eigenvalue weighted by Crippen LogP contribution is -2.33. The van der Waals surface area contributed by atoms with Crippen molar-refractivity contribution in [3.05, 3.63) is 54.1 Å². The number of aryl methyl sites for hydroxylation is 1. The molecule has 2 aromatic carbocycles. The zero-order valence-electron chi connectivity index (χ0n) is 17.6. The summed E-state index contributed by atoms with van der Waals surface area (Å²) in [4.78, 5) is 26.9. The second-order valence-corrected chi connectivity index (χ2v) is 7.57. The van der Waals surface area contributed by atoms with E-state index < -0.39 is 0 Å². The predicted molar refractivity (Wildman–Crippen MR) is 132 cm³/mol. The molecule has 0 unspecified atom stereocenters.